The van der Waals surface area contributed by atoms with E-state index in [1.807, 2.05) is 6.92 Å². The normalized spacial score (nSPS) is 30.6. The zero-order valence-corrected chi connectivity index (χ0v) is 11.3. The largest absolute Gasteiger partial charge is 0.478 e. The fraction of sp³-hybridized carbons (Fsp3) is 0.786. The van der Waals surface area contributed by atoms with Gasteiger partial charge in [0.1, 0.15) is 12.2 Å². The Labute approximate surface area is 108 Å². The number of carbonyl (C=O) groups is 1. The molecule has 3 atom stereocenters. The molecule has 1 aliphatic carbocycles. The number of fused-ring (bicyclic) bond motifs is 1. The van der Waals surface area contributed by atoms with E-state index >= 15 is 0 Å². The molecule has 4 nitrogen and oxygen atoms in total. The van der Waals surface area contributed by atoms with Crippen LogP contribution in [0.15, 0.2) is 11.1 Å². The highest BCUT2D eigenvalue weighted by atomic mass is 16.6. The van der Waals surface area contributed by atoms with E-state index in [1.54, 1.807) is 0 Å². The highest BCUT2D eigenvalue weighted by Crippen LogP contribution is 2.43. The van der Waals surface area contributed by atoms with Gasteiger partial charge in [0.2, 0.25) is 0 Å². The monoisotopic (exact) mass is 254 g/mol. The highest BCUT2D eigenvalue weighted by Gasteiger charge is 2.52. The third-order valence-corrected chi connectivity index (χ3v) is 3.95. The first-order chi connectivity index (χ1) is 8.62. The Hall–Kier alpha value is -0.870. The van der Waals surface area contributed by atoms with E-state index < -0.39 is 5.97 Å². The van der Waals surface area contributed by atoms with Crippen molar-refractivity contribution in [3.8, 4) is 0 Å². The molecule has 0 aromatic heterocycles. The molecule has 1 saturated heterocycles. The molecular formula is C14H22O4. The summed E-state index contributed by atoms with van der Waals surface area (Å²) < 4.78 is 11.6. The maximum absolute atomic E-state index is 11.3. The number of hydrogen-bond donors (Lipinski definition) is 1. The molecule has 0 spiro atoms. The van der Waals surface area contributed by atoms with Crippen LogP contribution in [0.1, 0.15) is 46.5 Å². The summed E-state index contributed by atoms with van der Waals surface area (Å²) in [6.07, 6.45) is 3.34. The number of aliphatic carboxylic acids is 1. The molecule has 1 aliphatic heterocycles. The zero-order chi connectivity index (χ0) is 13.3. The predicted octanol–water partition coefficient (Wildman–Crippen LogP) is 2.52. The van der Waals surface area contributed by atoms with Crippen molar-refractivity contribution in [1.82, 2.24) is 0 Å². The van der Waals surface area contributed by atoms with Gasteiger partial charge in [-0.15, -0.1) is 0 Å². The fourth-order valence-corrected chi connectivity index (χ4v) is 2.78. The van der Waals surface area contributed by atoms with Gasteiger partial charge in [-0.05, 0) is 24.8 Å². The lowest BCUT2D eigenvalue weighted by atomic mass is 9.87. The second-order valence-corrected chi connectivity index (χ2v) is 5.00. The standard InChI is InChI=1S/C14H22O4/c1-4-8(5-2)17-12-9(6-3)10(14(15)16)7-11-13(12)18-11/h8,11-13H,4-7H2,1-3H3,(H,15,16)/t11-,12-,13-/m1/s1. The first-order valence-corrected chi connectivity index (χ1v) is 6.88. The third-order valence-electron chi connectivity index (χ3n) is 3.95. The number of rotatable bonds is 6. The van der Waals surface area contributed by atoms with Gasteiger partial charge in [-0.25, -0.2) is 4.79 Å². The summed E-state index contributed by atoms with van der Waals surface area (Å²) >= 11 is 0. The molecular weight excluding hydrogens is 232 g/mol. The van der Waals surface area contributed by atoms with Gasteiger partial charge in [-0.2, -0.15) is 0 Å². The number of epoxide rings is 1. The molecule has 1 N–H and O–H groups in total. The average Bonchev–Trinajstić information content (AvgIpc) is 3.13. The van der Waals surface area contributed by atoms with Gasteiger partial charge in [-0.3, -0.25) is 0 Å². The number of ether oxygens (including phenoxy) is 2. The van der Waals surface area contributed by atoms with Crippen molar-refractivity contribution in [2.24, 2.45) is 0 Å². The molecule has 0 aromatic carbocycles. The summed E-state index contributed by atoms with van der Waals surface area (Å²) in [5.74, 6) is -0.820. The van der Waals surface area contributed by atoms with Crippen LogP contribution in [0.3, 0.4) is 0 Å². The summed E-state index contributed by atoms with van der Waals surface area (Å²) in [5.41, 5.74) is 1.43. The van der Waals surface area contributed by atoms with Crippen molar-refractivity contribution in [2.45, 2.75) is 70.9 Å². The Morgan fingerprint density at radius 1 is 1.44 bits per heavy atom. The molecule has 0 saturated carbocycles. The van der Waals surface area contributed by atoms with Gasteiger partial charge in [0, 0.05) is 12.0 Å². The van der Waals surface area contributed by atoms with Crippen molar-refractivity contribution in [3.05, 3.63) is 11.1 Å². The zero-order valence-electron chi connectivity index (χ0n) is 11.3. The SMILES string of the molecule is CCC1=C(C(=O)O)C[C@H]2O[C@H]2[C@@H]1OC(CC)CC. The van der Waals surface area contributed by atoms with Crippen LogP contribution in [-0.4, -0.2) is 35.5 Å². The predicted molar refractivity (Wildman–Crippen MR) is 67.5 cm³/mol. The molecule has 0 unspecified atom stereocenters. The van der Waals surface area contributed by atoms with E-state index in [2.05, 4.69) is 13.8 Å². The van der Waals surface area contributed by atoms with Crippen LogP contribution in [0, 0.1) is 0 Å². The lowest BCUT2D eigenvalue weighted by Gasteiger charge is -2.28. The first kappa shape index (κ1) is 13.6. The Kier molecular flexibility index (Phi) is 4.07. The van der Waals surface area contributed by atoms with Crippen molar-refractivity contribution in [1.29, 1.82) is 0 Å². The summed E-state index contributed by atoms with van der Waals surface area (Å²) in [4.78, 5) is 11.3. The third kappa shape index (κ3) is 2.45. The smallest absolute Gasteiger partial charge is 0.331 e. The molecule has 2 rings (SSSR count). The van der Waals surface area contributed by atoms with Gasteiger partial charge < -0.3 is 14.6 Å². The Morgan fingerprint density at radius 2 is 2.11 bits per heavy atom. The molecule has 0 radical (unpaired) electrons. The average molecular weight is 254 g/mol. The van der Waals surface area contributed by atoms with Gasteiger partial charge in [0.05, 0.1) is 12.2 Å². The van der Waals surface area contributed by atoms with Crippen LogP contribution < -0.4 is 0 Å². The maximum Gasteiger partial charge on any atom is 0.331 e. The van der Waals surface area contributed by atoms with E-state index in [1.165, 1.54) is 0 Å². The van der Waals surface area contributed by atoms with Crippen LogP contribution in [0.4, 0.5) is 0 Å². The Balaban J connectivity index is 2.20. The molecule has 2 aliphatic rings. The van der Waals surface area contributed by atoms with Crippen LogP contribution in [-0.2, 0) is 14.3 Å². The summed E-state index contributed by atoms with van der Waals surface area (Å²) in [5, 5.41) is 9.27. The molecule has 18 heavy (non-hydrogen) atoms. The van der Waals surface area contributed by atoms with Gasteiger partial charge >= 0.3 is 5.97 Å². The summed E-state index contributed by atoms with van der Waals surface area (Å²) in [6, 6.07) is 0. The van der Waals surface area contributed by atoms with Gasteiger partial charge in [-0.1, -0.05) is 20.8 Å². The molecule has 102 valence electrons. The first-order valence-electron chi connectivity index (χ1n) is 6.88. The van der Waals surface area contributed by atoms with Crippen molar-refractivity contribution in [3.63, 3.8) is 0 Å². The summed E-state index contributed by atoms with van der Waals surface area (Å²) in [7, 11) is 0. The van der Waals surface area contributed by atoms with Crippen LogP contribution in [0.5, 0.6) is 0 Å². The van der Waals surface area contributed by atoms with Gasteiger partial charge in [0.25, 0.3) is 0 Å². The topological polar surface area (TPSA) is 59.1 Å². The lowest BCUT2D eigenvalue weighted by Crippen LogP contribution is -2.34. The maximum atomic E-state index is 11.3. The molecule has 4 heteroatoms. The number of carboxylic acids is 1. The Morgan fingerprint density at radius 3 is 2.61 bits per heavy atom. The van der Waals surface area contributed by atoms with Crippen molar-refractivity contribution < 1.29 is 19.4 Å². The van der Waals surface area contributed by atoms with Crippen LogP contribution in [0.2, 0.25) is 0 Å². The minimum absolute atomic E-state index is 0.0609. The lowest BCUT2D eigenvalue weighted by molar-refractivity contribution is -0.133. The van der Waals surface area contributed by atoms with Crippen LogP contribution in [0.25, 0.3) is 0 Å². The minimum atomic E-state index is -0.820. The van der Waals surface area contributed by atoms with Crippen molar-refractivity contribution in [2.75, 3.05) is 0 Å². The summed E-state index contributed by atoms with van der Waals surface area (Å²) in [6.45, 7) is 6.18. The second-order valence-electron chi connectivity index (χ2n) is 5.00. The Bertz CT molecular complexity index is 357. The van der Waals surface area contributed by atoms with E-state index in [0.717, 1.165) is 24.8 Å². The van der Waals surface area contributed by atoms with E-state index in [-0.39, 0.29) is 24.4 Å². The minimum Gasteiger partial charge on any atom is -0.478 e. The highest BCUT2D eigenvalue weighted by molar-refractivity contribution is 5.88. The molecule has 0 amide bonds. The van der Waals surface area contributed by atoms with E-state index in [4.69, 9.17) is 9.47 Å². The van der Waals surface area contributed by atoms with Crippen molar-refractivity contribution >= 4 is 5.97 Å². The van der Waals surface area contributed by atoms with Crippen LogP contribution >= 0.6 is 0 Å². The van der Waals surface area contributed by atoms with Gasteiger partial charge in [0.15, 0.2) is 0 Å². The second kappa shape index (κ2) is 5.41. The fourth-order valence-electron chi connectivity index (χ4n) is 2.78. The molecule has 0 bridgehead atoms. The molecule has 1 fully saturated rings. The number of carboxylic acid groups (broad SMARTS) is 1. The number of hydrogen-bond acceptors (Lipinski definition) is 3. The van der Waals surface area contributed by atoms with E-state index in [9.17, 15) is 9.90 Å². The molecule has 1 heterocycles. The van der Waals surface area contributed by atoms with E-state index in [0.29, 0.717) is 12.0 Å². The quantitative estimate of drug-likeness (QED) is 0.740. The molecule has 0 aromatic rings.